The van der Waals surface area contributed by atoms with Gasteiger partial charge in [0.2, 0.25) is 0 Å². The Hall–Kier alpha value is -0.570. The first-order chi connectivity index (χ1) is 7.74. The third-order valence-electron chi connectivity index (χ3n) is 3.43. The van der Waals surface area contributed by atoms with Gasteiger partial charge in [-0.05, 0) is 42.5 Å². The number of pyridine rings is 1. The third kappa shape index (κ3) is 1.75. The highest BCUT2D eigenvalue weighted by molar-refractivity contribution is 6.41. The molecule has 1 N–H and O–H groups in total. The minimum atomic E-state index is 0.377. The number of nitrogens with zero attached hydrogens (tertiary/aromatic N) is 1. The van der Waals surface area contributed by atoms with Crippen molar-refractivity contribution in [2.75, 3.05) is 6.54 Å². The number of allylic oxidation sites excluding steroid dienone is 1. The van der Waals surface area contributed by atoms with E-state index in [4.69, 9.17) is 23.2 Å². The van der Waals surface area contributed by atoms with Crippen LogP contribution in [0.4, 0.5) is 0 Å². The van der Waals surface area contributed by atoms with Crippen LogP contribution in [0.2, 0.25) is 10.2 Å². The molecule has 1 aliphatic heterocycles. The van der Waals surface area contributed by atoms with Crippen LogP contribution in [0.15, 0.2) is 18.3 Å². The summed E-state index contributed by atoms with van der Waals surface area (Å²) in [6.07, 6.45) is 6.50. The lowest BCUT2D eigenvalue weighted by Gasteiger charge is -2.06. The Labute approximate surface area is 105 Å². The number of halogens is 2. The minimum absolute atomic E-state index is 0.377. The van der Waals surface area contributed by atoms with Crippen molar-refractivity contribution < 1.29 is 0 Å². The van der Waals surface area contributed by atoms with E-state index in [1.165, 1.54) is 12.0 Å². The Morgan fingerprint density at radius 2 is 2.25 bits per heavy atom. The highest BCUT2D eigenvalue weighted by atomic mass is 35.5. The molecular formula is C12H12Cl2N2. The topological polar surface area (TPSA) is 24.9 Å². The van der Waals surface area contributed by atoms with Gasteiger partial charge >= 0.3 is 0 Å². The van der Waals surface area contributed by atoms with E-state index in [1.54, 1.807) is 6.20 Å². The number of hydrogen-bond acceptors (Lipinski definition) is 2. The van der Waals surface area contributed by atoms with E-state index in [9.17, 15) is 0 Å². The molecule has 0 aromatic carbocycles. The third-order valence-corrected chi connectivity index (χ3v) is 4.12. The molecule has 84 valence electrons. The SMILES string of the molecule is Clc1cc(C2=C[C@H]3NCC[C@H]3C2)cnc1Cl. The van der Waals surface area contributed by atoms with Crippen LogP contribution >= 0.6 is 23.2 Å². The van der Waals surface area contributed by atoms with Crippen LogP contribution in [0.25, 0.3) is 5.57 Å². The zero-order chi connectivity index (χ0) is 11.1. The van der Waals surface area contributed by atoms with Crippen molar-refractivity contribution >= 4 is 28.8 Å². The van der Waals surface area contributed by atoms with Gasteiger partial charge in [0.05, 0.1) is 5.02 Å². The molecule has 3 rings (SSSR count). The van der Waals surface area contributed by atoms with Gasteiger partial charge in [0.25, 0.3) is 0 Å². The van der Waals surface area contributed by atoms with E-state index in [0.29, 0.717) is 16.2 Å². The molecule has 4 heteroatoms. The molecular weight excluding hydrogens is 243 g/mol. The van der Waals surface area contributed by atoms with E-state index in [1.807, 2.05) is 6.07 Å². The lowest BCUT2D eigenvalue weighted by atomic mass is 10.00. The molecule has 1 fully saturated rings. The average Bonchev–Trinajstić information content (AvgIpc) is 2.81. The van der Waals surface area contributed by atoms with Gasteiger partial charge in [-0.15, -0.1) is 0 Å². The Bertz CT molecular complexity index is 456. The van der Waals surface area contributed by atoms with E-state index < -0.39 is 0 Å². The maximum atomic E-state index is 5.98. The quantitative estimate of drug-likeness (QED) is 0.780. The van der Waals surface area contributed by atoms with Gasteiger partial charge in [-0.2, -0.15) is 0 Å². The molecule has 1 aromatic rings. The summed E-state index contributed by atoms with van der Waals surface area (Å²) in [4.78, 5) is 4.09. The maximum Gasteiger partial charge on any atom is 0.147 e. The molecule has 2 nitrogen and oxygen atoms in total. The van der Waals surface area contributed by atoms with Gasteiger partial charge in [0, 0.05) is 12.2 Å². The molecule has 0 spiro atoms. The zero-order valence-corrected chi connectivity index (χ0v) is 10.2. The number of rotatable bonds is 1. The molecule has 0 unspecified atom stereocenters. The number of hydrogen-bond donors (Lipinski definition) is 1. The van der Waals surface area contributed by atoms with E-state index >= 15 is 0 Å². The van der Waals surface area contributed by atoms with Crippen molar-refractivity contribution in [3.8, 4) is 0 Å². The second-order valence-electron chi connectivity index (χ2n) is 4.42. The van der Waals surface area contributed by atoms with Gasteiger partial charge in [0.15, 0.2) is 0 Å². The summed E-state index contributed by atoms with van der Waals surface area (Å²) >= 11 is 11.8. The highest BCUT2D eigenvalue weighted by Crippen LogP contribution is 2.37. The summed E-state index contributed by atoms with van der Waals surface area (Å²) in [6.45, 7) is 1.14. The normalized spacial score (nSPS) is 28.0. The molecule has 2 aliphatic rings. The van der Waals surface area contributed by atoms with Gasteiger partial charge in [-0.3, -0.25) is 0 Å². The molecule has 0 amide bonds. The zero-order valence-electron chi connectivity index (χ0n) is 8.71. The predicted octanol–water partition coefficient (Wildman–Crippen LogP) is 3.15. The fourth-order valence-corrected chi connectivity index (χ4v) is 2.85. The van der Waals surface area contributed by atoms with Crippen LogP contribution in [-0.2, 0) is 0 Å². The second kappa shape index (κ2) is 4.02. The molecule has 2 heterocycles. The summed E-state index contributed by atoms with van der Waals surface area (Å²) in [5, 5.41) is 4.40. The number of nitrogens with one attached hydrogen (secondary N) is 1. The summed E-state index contributed by atoms with van der Waals surface area (Å²) in [7, 11) is 0. The van der Waals surface area contributed by atoms with Gasteiger partial charge in [-0.25, -0.2) is 4.98 Å². The molecule has 0 saturated carbocycles. The molecule has 1 aromatic heterocycles. The first kappa shape index (κ1) is 10.6. The molecule has 1 saturated heterocycles. The van der Waals surface area contributed by atoms with Crippen LogP contribution < -0.4 is 5.32 Å². The van der Waals surface area contributed by atoms with Crippen molar-refractivity contribution in [3.05, 3.63) is 34.1 Å². The minimum Gasteiger partial charge on any atom is -0.310 e. The highest BCUT2D eigenvalue weighted by Gasteiger charge is 2.31. The fraction of sp³-hybridized carbons (Fsp3) is 0.417. The maximum absolute atomic E-state index is 5.98. The predicted molar refractivity (Wildman–Crippen MR) is 66.7 cm³/mol. The average molecular weight is 255 g/mol. The largest absolute Gasteiger partial charge is 0.310 e. The lowest BCUT2D eigenvalue weighted by Crippen LogP contribution is -2.20. The standard InChI is InChI=1S/C12H12Cl2N2/c13-10-4-9(6-16-12(10)14)8-3-7-1-2-15-11(7)5-8/h4-7,11,15H,1-3H2/t7-,11+/m0/s1. The second-order valence-corrected chi connectivity index (χ2v) is 5.19. The molecule has 2 atom stereocenters. The Balaban J connectivity index is 1.90. The Morgan fingerprint density at radius 3 is 3.00 bits per heavy atom. The summed E-state index contributed by atoms with van der Waals surface area (Å²) in [5.41, 5.74) is 2.44. The monoisotopic (exact) mass is 254 g/mol. The van der Waals surface area contributed by atoms with Crippen molar-refractivity contribution in [2.45, 2.75) is 18.9 Å². The van der Waals surface area contributed by atoms with Gasteiger partial charge < -0.3 is 5.32 Å². The van der Waals surface area contributed by atoms with Gasteiger partial charge in [0.1, 0.15) is 5.15 Å². The van der Waals surface area contributed by atoms with E-state index in [0.717, 1.165) is 24.4 Å². The summed E-state index contributed by atoms with van der Waals surface area (Å²) in [6, 6.07) is 2.45. The molecule has 16 heavy (non-hydrogen) atoms. The number of fused-ring (bicyclic) bond motifs is 1. The van der Waals surface area contributed by atoms with Crippen molar-refractivity contribution in [2.24, 2.45) is 5.92 Å². The lowest BCUT2D eigenvalue weighted by molar-refractivity contribution is 0.553. The first-order valence-electron chi connectivity index (χ1n) is 5.49. The van der Waals surface area contributed by atoms with Crippen LogP contribution in [0.3, 0.4) is 0 Å². The van der Waals surface area contributed by atoms with Crippen molar-refractivity contribution in [3.63, 3.8) is 0 Å². The van der Waals surface area contributed by atoms with Crippen LogP contribution in [0.5, 0.6) is 0 Å². The summed E-state index contributed by atoms with van der Waals surface area (Å²) < 4.78 is 0. The fourth-order valence-electron chi connectivity index (χ4n) is 2.58. The Morgan fingerprint density at radius 1 is 1.38 bits per heavy atom. The smallest absolute Gasteiger partial charge is 0.147 e. The van der Waals surface area contributed by atoms with Gasteiger partial charge in [-0.1, -0.05) is 29.3 Å². The van der Waals surface area contributed by atoms with E-state index in [2.05, 4.69) is 16.4 Å². The van der Waals surface area contributed by atoms with Crippen molar-refractivity contribution in [1.82, 2.24) is 10.3 Å². The van der Waals surface area contributed by atoms with Crippen LogP contribution in [0.1, 0.15) is 18.4 Å². The molecule has 0 radical (unpaired) electrons. The van der Waals surface area contributed by atoms with Crippen molar-refractivity contribution in [1.29, 1.82) is 0 Å². The molecule has 0 bridgehead atoms. The van der Waals surface area contributed by atoms with E-state index in [-0.39, 0.29) is 0 Å². The summed E-state index contributed by atoms with van der Waals surface area (Å²) in [5.74, 6) is 0.754. The Kier molecular flexibility index (Phi) is 2.66. The number of aromatic nitrogens is 1. The first-order valence-corrected chi connectivity index (χ1v) is 6.25. The van der Waals surface area contributed by atoms with Crippen LogP contribution in [-0.4, -0.2) is 17.6 Å². The van der Waals surface area contributed by atoms with Crippen LogP contribution in [0, 0.1) is 5.92 Å². The molecule has 1 aliphatic carbocycles.